The molecule has 1 aliphatic heterocycles. The lowest BCUT2D eigenvalue weighted by Gasteiger charge is -2.46. The lowest BCUT2D eigenvalue weighted by molar-refractivity contribution is 0.145. The van der Waals surface area contributed by atoms with E-state index in [4.69, 9.17) is 21.1 Å². The van der Waals surface area contributed by atoms with Crippen molar-refractivity contribution in [2.75, 3.05) is 13.7 Å². The van der Waals surface area contributed by atoms with Crippen molar-refractivity contribution in [3.8, 4) is 11.5 Å². The molecule has 2 N–H and O–H groups in total. The summed E-state index contributed by atoms with van der Waals surface area (Å²) in [5.41, 5.74) is 1.37. The molecule has 0 aliphatic carbocycles. The van der Waals surface area contributed by atoms with Gasteiger partial charge in [-0.25, -0.2) is 0 Å². The highest BCUT2D eigenvalue weighted by Crippen LogP contribution is 2.36. The monoisotopic (exact) mass is 354 g/mol. The molecule has 4 nitrogen and oxygen atoms in total. The van der Waals surface area contributed by atoms with Crippen LogP contribution in [0.1, 0.15) is 53.0 Å². The van der Waals surface area contributed by atoms with Crippen molar-refractivity contribution in [2.45, 2.75) is 71.1 Å². The summed E-state index contributed by atoms with van der Waals surface area (Å²) in [5.74, 6) is 1.31. The van der Waals surface area contributed by atoms with Crippen molar-refractivity contribution in [3.63, 3.8) is 0 Å². The van der Waals surface area contributed by atoms with Gasteiger partial charge in [0.1, 0.15) is 0 Å². The maximum Gasteiger partial charge on any atom is 0.179 e. The highest BCUT2D eigenvalue weighted by molar-refractivity contribution is 6.32. The lowest BCUT2D eigenvalue weighted by atomic mass is 9.79. The molecular weight excluding hydrogens is 324 g/mol. The number of methoxy groups -OCH3 is 1. The van der Waals surface area contributed by atoms with E-state index in [1.54, 1.807) is 7.11 Å². The minimum Gasteiger partial charge on any atom is -0.493 e. The Hall–Kier alpha value is -0.970. The molecule has 1 aromatic carbocycles. The first-order chi connectivity index (χ1) is 11.2. The number of hydrogen-bond acceptors (Lipinski definition) is 4. The van der Waals surface area contributed by atoms with Crippen molar-refractivity contribution in [3.05, 3.63) is 22.7 Å². The van der Waals surface area contributed by atoms with Crippen molar-refractivity contribution < 1.29 is 9.47 Å². The van der Waals surface area contributed by atoms with Crippen molar-refractivity contribution >= 4 is 11.6 Å². The van der Waals surface area contributed by atoms with Crippen LogP contribution in [0.4, 0.5) is 0 Å². The maximum atomic E-state index is 6.36. The summed E-state index contributed by atoms with van der Waals surface area (Å²) in [4.78, 5) is 0. The molecular formula is C19H31ClN2O2. The molecule has 24 heavy (non-hydrogen) atoms. The molecule has 0 atom stereocenters. The zero-order chi connectivity index (χ0) is 18.0. The molecule has 0 radical (unpaired) electrons. The average Bonchev–Trinajstić information content (AvgIpc) is 2.44. The molecule has 1 fully saturated rings. The fourth-order valence-corrected chi connectivity index (χ4v) is 4.18. The molecule has 1 heterocycles. The van der Waals surface area contributed by atoms with Gasteiger partial charge in [0.15, 0.2) is 11.5 Å². The maximum absolute atomic E-state index is 6.36. The smallest absolute Gasteiger partial charge is 0.179 e. The van der Waals surface area contributed by atoms with Crippen LogP contribution in [0.2, 0.25) is 5.02 Å². The largest absolute Gasteiger partial charge is 0.493 e. The van der Waals surface area contributed by atoms with Gasteiger partial charge in [-0.2, -0.15) is 0 Å². The normalized spacial score (nSPS) is 20.0. The predicted octanol–water partition coefficient (Wildman–Crippen LogP) is 4.15. The third-order valence-electron chi connectivity index (χ3n) is 4.36. The average molecular weight is 355 g/mol. The van der Waals surface area contributed by atoms with Crippen LogP contribution in [-0.2, 0) is 6.54 Å². The van der Waals surface area contributed by atoms with Gasteiger partial charge in [-0.05, 0) is 65.2 Å². The first-order valence-corrected chi connectivity index (χ1v) is 9.05. The van der Waals surface area contributed by atoms with Gasteiger partial charge in [-0.15, -0.1) is 0 Å². The molecule has 0 unspecified atom stereocenters. The highest BCUT2D eigenvalue weighted by atomic mass is 35.5. The second-order valence-electron chi connectivity index (χ2n) is 7.92. The molecule has 136 valence electrons. The Labute approximate surface area is 151 Å². The molecule has 0 amide bonds. The minimum atomic E-state index is 0.133. The van der Waals surface area contributed by atoms with E-state index >= 15 is 0 Å². The predicted molar refractivity (Wildman–Crippen MR) is 100 cm³/mol. The van der Waals surface area contributed by atoms with Gasteiger partial charge in [-0.3, -0.25) is 0 Å². The third kappa shape index (κ3) is 5.01. The molecule has 2 rings (SSSR count). The summed E-state index contributed by atoms with van der Waals surface area (Å²) in [5, 5.41) is 7.99. The van der Waals surface area contributed by atoms with Crippen LogP contribution in [0, 0.1) is 0 Å². The number of ether oxygens (including phenoxy) is 2. The topological polar surface area (TPSA) is 42.5 Å². The number of hydrogen-bond donors (Lipinski definition) is 2. The van der Waals surface area contributed by atoms with E-state index in [1.165, 1.54) is 0 Å². The van der Waals surface area contributed by atoms with E-state index in [0.717, 1.165) is 24.9 Å². The molecule has 1 saturated heterocycles. The lowest BCUT2D eigenvalue weighted by Crippen LogP contribution is -2.61. The zero-order valence-corrected chi connectivity index (χ0v) is 16.5. The van der Waals surface area contributed by atoms with Crippen LogP contribution in [0.15, 0.2) is 12.1 Å². The number of piperidine rings is 1. The standard InChI is InChI=1S/C19H31ClN2O2/c1-7-24-17-15(20)8-13(9-16(17)23-6)12-21-14-10-18(2,3)22-19(4,5)11-14/h8-9,14,21-22H,7,10-12H2,1-6H3. The van der Waals surface area contributed by atoms with Crippen LogP contribution in [0.25, 0.3) is 0 Å². The van der Waals surface area contributed by atoms with E-state index in [2.05, 4.69) is 38.3 Å². The summed E-state index contributed by atoms with van der Waals surface area (Å²) in [6.45, 7) is 12.3. The summed E-state index contributed by atoms with van der Waals surface area (Å²) in [6.07, 6.45) is 2.19. The zero-order valence-electron chi connectivity index (χ0n) is 15.8. The minimum absolute atomic E-state index is 0.133. The van der Waals surface area contributed by atoms with Gasteiger partial charge < -0.3 is 20.1 Å². The molecule has 0 spiro atoms. The number of nitrogens with one attached hydrogen (secondary N) is 2. The Bertz CT molecular complexity index is 557. The van der Waals surface area contributed by atoms with Crippen molar-refractivity contribution in [2.24, 2.45) is 0 Å². The van der Waals surface area contributed by atoms with Crippen LogP contribution >= 0.6 is 11.6 Å². The first kappa shape index (κ1) is 19.4. The third-order valence-corrected chi connectivity index (χ3v) is 4.64. The second kappa shape index (κ2) is 7.51. The Morgan fingerprint density at radius 1 is 1.21 bits per heavy atom. The van der Waals surface area contributed by atoms with Gasteiger partial charge in [0.25, 0.3) is 0 Å². The number of rotatable bonds is 6. The molecule has 0 saturated carbocycles. The van der Waals surface area contributed by atoms with E-state index < -0.39 is 0 Å². The molecule has 0 bridgehead atoms. The van der Waals surface area contributed by atoms with Gasteiger partial charge >= 0.3 is 0 Å². The van der Waals surface area contributed by atoms with E-state index in [1.807, 2.05) is 19.1 Å². The van der Waals surface area contributed by atoms with Crippen LogP contribution in [-0.4, -0.2) is 30.8 Å². The quantitative estimate of drug-likeness (QED) is 0.805. The van der Waals surface area contributed by atoms with Crippen molar-refractivity contribution in [1.29, 1.82) is 0 Å². The molecule has 0 aromatic heterocycles. The molecule has 1 aromatic rings. The fourth-order valence-electron chi connectivity index (χ4n) is 3.89. The summed E-state index contributed by atoms with van der Waals surface area (Å²) < 4.78 is 11.0. The van der Waals surface area contributed by atoms with Crippen LogP contribution in [0.5, 0.6) is 11.5 Å². The highest BCUT2D eigenvalue weighted by Gasteiger charge is 2.37. The van der Waals surface area contributed by atoms with E-state index in [0.29, 0.717) is 29.2 Å². The molecule has 5 heteroatoms. The number of benzene rings is 1. The SMILES string of the molecule is CCOc1c(Cl)cc(CNC2CC(C)(C)NC(C)(C)C2)cc1OC. The molecule has 1 aliphatic rings. The number of halogens is 1. The van der Waals surface area contributed by atoms with Crippen LogP contribution < -0.4 is 20.1 Å². The van der Waals surface area contributed by atoms with Crippen molar-refractivity contribution in [1.82, 2.24) is 10.6 Å². The summed E-state index contributed by atoms with van der Waals surface area (Å²) in [6, 6.07) is 4.42. The Kier molecular flexibility index (Phi) is 6.05. The summed E-state index contributed by atoms with van der Waals surface area (Å²) in [7, 11) is 1.64. The van der Waals surface area contributed by atoms with Gasteiger partial charge in [0.05, 0.1) is 18.7 Å². The first-order valence-electron chi connectivity index (χ1n) is 8.68. The Balaban J connectivity index is 2.07. The van der Waals surface area contributed by atoms with Crippen LogP contribution in [0.3, 0.4) is 0 Å². The van der Waals surface area contributed by atoms with Gasteiger partial charge in [0, 0.05) is 23.7 Å². The summed E-state index contributed by atoms with van der Waals surface area (Å²) >= 11 is 6.36. The Morgan fingerprint density at radius 2 is 1.83 bits per heavy atom. The Morgan fingerprint density at radius 3 is 2.38 bits per heavy atom. The van der Waals surface area contributed by atoms with E-state index in [9.17, 15) is 0 Å². The second-order valence-corrected chi connectivity index (χ2v) is 8.33. The van der Waals surface area contributed by atoms with Gasteiger partial charge in [0.2, 0.25) is 0 Å². The van der Waals surface area contributed by atoms with E-state index in [-0.39, 0.29) is 11.1 Å². The van der Waals surface area contributed by atoms with Gasteiger partial charge in [-0.1, -0.05) is 11.6 Å². The fraction of sp³-hybridized carbons (Fsp3) is 0.684.